The van der Waals surface area contributed by atoms with Crippen LogP contribution in [0.1, 0.15) is 24.1 Å². The van der Waals surface area contributed by atoms with Crippen LogP contribution in [-0.2, 0) is 6.54 Å². The first-order valence-electron chi connectivity index (χ1n) is 5.99. The van der Waals surface area contributed by atoms with Crippen LogP contribution in [0.4, 0.5) is 0 Å². The molecule has 6 heteroatoms. The van der Waals surface area contributed by atoms with Gasteiger partial charge in [0, 0.05) is 30.0 Å². The van der Waals surface area contributed by atoms with Crippen LogP contribution < -0.4 is 5.32 Å². The van der Waals surface area contributed by atoms with E-state index in [1.165, 1.54) is 12.8 Å². The highest BCUT2D eigenvalue weighted by atomic mass is 35.5. The van der Waals surface area contributed by atoms with Crippen molar-refractivity contribution in [3.8, 4) is 5.95 Å². The zero-order chi connectivity index (χ0) is 12.5. The number of hydrogen-bond acceptors (Lipinski definition) is 4. The lowest BCUT2D eigenvalue weighted by atomic mass is 10.2. The molecule has 3 rings (SSSR count). The van der Waals surface area contributed by atoms with Crippen LogP contribution in [0.15, 0.2) is 18.6 Å². The minimum atomic E-state index is 0.551. The van der Waals surface area contributed by atoms with Gasteiger partial charge in [0.1, 0.15) is 0 Å². The van der Waals surface area contributed by atoms with Gasteiger partial charge in [-0.1, -0.05) is 11.6 Å². The summed E-state index contributed by atoms with van der Waals surface area (Å²) in [6.07, 6.45) is 7.68. The molecule has 0 aliphatic heterocycles. The third kappa shape index (κ3) is 2.52. The Morgan fingerprint density at radius 1 is 1.44 bits per heavy atom. The Morgan fingerprint density at radius 2 is 2.28 bits per heavy atom. The molecule has 18 heavy (non-hydrogen) atoms. The second-order valence-corrected chi connectivity index (χ2v) is 4.98. The van der Waals surface area contributed by atoms with Gasteiger partial charge in [0.15, 0.2) is 0 Å². The molecule has 5 nitrogen and oxygen atoms in total. The van der Waals surface area contributed by atoms with Gasteiger partial charge in [0.25, 0.3) is 5.95 Å². The SMILES string of the molecule is Cc1nc(-n2cc(Cl)cn2)ncc1CNC1CC1. The number of rotatable bonds is 4. The number of nitrogens with zero attached hydrogens (tertiary/aromatic N) is 4. The number of aryl methyl sites for hydroxylation is 1. The molecule has 0 atom stereocenters. The molecular formula is C12H14ClN5. The fraction of sp³-hybridized carbons (Fsp3) is 0.417. The molecule has 94 valence electrons. The Bertz CT molecular complexity index is 561. The predicted molar refractivity (Wildman–Crippen MR) is 68.8 cm³/mol. The third-order valence-electron chi connectivity index (χ3n) is 2.98. The van der Waals surface area contributed by atoms with E-state index in [2.05, 4.69) is 20.4 Å². The smallest absolute Gasteiger partial charge is 0.250 e. The lowest BCUT2D eigenvalue weighted by Crippen LogP contribution is -2.17. The average Bonchev–Trinajstić information content (AvgIpc) is 3.08. The molecule has 0 bridgehead atoms. The molecule has 0 spiro atoms. The molecule has 2 aromatic heterocycles. The second kappa shape index (κ2) is 4.66. The van der Waals surface area contributed by atoms with Crippen molar-refractivity contribution in [1.82, 2.24) is 25.1 Å². The Balaban J connectivity index is 1.79. The fourth-order valence-corrected chi connectivity index (χ4v) is 1.85. The molecular weight excluding hydrogens is 250 g/mol. The molecule has 1 saturated carbocycles. The summed E-state index contributed by atoms with van der Waals surface area (Å²) in [5.74, 6) is 0.551. The Hall–Kier alpha value is -1.46. The van der Waals surface area contributed by atoms with Crippen LogP contribution in [0.25, 0.3) is 5.95 Å². The Labute approximate surface area is 110 Å². The predicted octanol–water partition coefficient (Wildman–Crippen LogP) is 1.88. The van der Waals surface area contributed by atoms with Gasteiger partial charge < -0.3 is 5.32 Å². The summed E-state index contributed by atoms with van der Waals surface area (Å²) >= 11 is 5.82. The van der Waals surface area contributed by atoms with E-state index >= 15 is 0 Å². The van der Waals surface area contributed by atoms with Crippen molar-refractivity contribution in [2.24, 2.45) is 0 Å². The van der Waals surface area contributed by atoms with Crippen LogP contribution >= 0.6 is 11.6 Å². The standard InChI is InChI=1S/C12H14ClN5/c1-8-9(4-14-11-2-3-11)5-15-12(17-8)18-7-10(13)6-16-18/h5-7,11,14H,2-4H2,1H3. The highest BCUT2D eigenvalue weighted by molar-refractivity contribution is 6.30. The van der Waals surface area contributed by atoms with Gasteiger partial charge in [0.05, 0.1) is 17.4 Å². The van der Waals surface area contributed by atoms with Crippen molar-refractivity contribution in [2.45, 2.75) is 32.4 Å². The van der Waals surface area contributed by atoms with Crippen molar-refractivity contribution >= 4 is 11.6 Å². The Morgan fingerprint density at radius 3 is 2.89 bits per heavy atom. The summed E-state index contributed by atoms with van der Waals surface area (Å²) in [6.45, 7) is 2.82. The minimum Gasteiger partial charge on any atom is -0.310 e. The van der Waals surface area contributed by atoms with Crippen molar-refractivity contribution < 1.29 is 0 Å². The number of nitrogens with one attached hydrogen (secondary N) is 1. The summed E-state index contributed by atoms with van der Waals surface area (Å²) in [7, 11) is 0. The monoisotopic (exact) mass is 263 g/mol. The van der Waals surface area contributed by atoms with E-state index in [1.54, 1.807) is 17.1 Å². The van der Waals surface area contributed by atoms with E-state index in [0.29, 0.717) is 17.0 Å². The lowest BCUT2D eigenvalue weighted by molar-refractivity contribution is 0.675. The second-order valence-electron chi connectivity index (χ2n) is 4.54. The van der Waals surface area contributed by atoms with E-state index in [4.69, 9.17) is 11.6 Å². The first-order valence-corrected chi connectivity index (χ1v) is 6.36. The molecule has 0 saturated heterocycles. The summed E-state index contributed by atoms with van der Waals surface area (Å²) in [6, 6.07) is 0.689. The van der Waals surface area contributed by atoms with Gasteiger partial charge in [-0.2, -0.15) is 5.10 Å². The molecule has 0 unspecified atom stereocenters. The molecule has 2 aromatic rings. The van der Waals surface area contributed by atoms with Crippen LogP contribution in [0.3, 0.4) is 0 Å². The molecule has 1 N–H and O–H groups in total. The van der Waals surface area contributed by atoms with E-state index in [9.17, 15) is 0 Å². The van der Waals surface area contributed by atoms with E-state index in [1.807, 2.05) is 13.1 Å². The van der Waals surface area contributed by atoms with E-state index in [-0.39, 0.29) is 0 Å². The van der Waals surface area contributed by atoms with Gasteiger partial charge in [-0.15, -0.1) is 0 Å². The number of hydrogen-bond donors (Lipinski definition) is 1. The number of halogens is 1. The zero-order valence-electron chi connectivity index (χ0n) is 10.1. The maximum Gasteiger partial charge on any atom is 0.250 e. The van der Waals surface area contributed by atoms with Crippen molar-refractivity contribution in [3.05, 3.63) is 34.9 Å². The molecule has 1 fully saturated rings. The molecule has 2 heterocycles. The van der Waals surface area contributed by atoms with Crippen LogP contribution in [-0.4, -0.2) is 25.8 Å². The molecule has 1 aliphatic rings. The van der Waals surface area contributed by atoms with Gasteiger partial charge in [-0.3, -0.25) is 0 Å². The van der Waals surface area contributed by atoms with Crippen molar-refractivity contribution in [3.63, 3.8) is 0 Å². The normalized spacial score (nSPS) is 15.0. The summed E-state index contributed by atoms with van der Waals surface area (Å²) in [4.78, 5) is 8.76. The maximum absolute atomic E-state index is 5.82. The minimum absolute atomic E-state index is 0.551. The molecule has 0 radical (unpaired) electrons. The zero-order valence-corrected chi connectivity index (χ0v) is 10.9. The molecule has 0 aromatic carbocycles. The van der Waals surface area contributed by atoms with Crippen LogP contribution in [0.5, 0.6) is 0 Å². The molecule has 0 amide bonds. The lowest BCUT2D eigenvalue weighted by Gasteiger charge is -2.07. The van der Waals surface area contributed by atoms with Crippen LogP contribution in [0.2, 0.25) is 5.02 Å². The largest absolute Gasteiger partial charge is 0.310 e. The van der Waals surface area contributed by atoms with Crippen LogP contribution in [0, 0.1) is 6.92 Å². The average molecular weight is 264 g/mol. The van der Waals surface area contributed by atoms with Gasteiger partial charge >= 0.3 is 0 Å². The first kappa shape index (κ1) is 11.6. The van der Waals surface area contributed by atoms with Gasteiger partial charge in [0.2, 0.25) is 0 Å². The Kier molecular flexibility index (Phi) is 3.01. The quantitative estimate of drug-likeness (QED) is 0.915. The van der Waals surface area contributed by atoms with Gasteiger partial charge in [-0.25, -0.2) is 14.6 Å². The fourth-order valence-electron chi connectivity index (χ4n) is 1.72. The van der Waals surface area contributed by atoms with E-state index < -0.39 is 0 Å². The highest BCUT2D eigenvalue weighted by Crippen LogP contribution is 2.19. The maximum atomic E-state index is 5.82. The van der Waals surface area contributed by atoms with Gasteiger partial charge in [-0.05, 0) is 19.8 Å². The molecule has 1 aliphatic carbocycles. The van der Waals surface area contributed by atoms with E-state index in [0.717, 1.165) is 17.8 Å². The summed E-state index contributed by atoms with van der Waals surface area (Å²) in [5, 5.41) is 8.12. The first-order chi connectivity index (χ1) is 8.72. The van der Waals surface area contributed by atoms with Crippen molar-refractivity contribution in [1.29, 1.82) is 0 Å². The topological polar surface area (TPSA) is 55.6 Å². The number of aromatic nitrogens is 4. The highest BCUT2D eigenvalue weighted by Gasteiger charge is 2.20. The summed E-state index contributed by atoms with van der Waals surface area (Å²) in [5.41, 5.74) is 2.10. The third-order valence-corrected chi connectivity index (χ3v) is 3.18. The van der Waals surface area contributed by atoms with Crippen molar-refractivity contribution in [2.75, 3.05) is 0 Å². The summed E-state index contributed by atoms with van der Waals surface area (Å²) < 4.78 is 1.58.